The molecule has 8 heteroatoms. The van der Waals surface area contributed by atoms with Gasteiger partial charge in [0.2, 0.25) is 0 Å². The largest absolute Gasteiger partial charge is 0.507 e. The van der Waals surface area contributed by atoms with Crippen LogP contribution in [0.4, 0.5) is 8.78 Å². The minimum absolute atomic E-state index is 0.0534. The molecule has 190 valence electrons. The molecule has 2 aromatic heterocycles. The lowest BCUT2D eigenvalue weighted by Gasteiger charge is -2.16. The van der Waals surface area contributed by atoms with Gasteiger partial charge in [0, 0.05) is 11.5 Å². The Labute approximate surface area is 214 Å². The molecule has 6 nitrogen and oxygen atoms in total. The van der Waals surface area contributed by atoms with Gasteiger partial charge in [0.05, 0.1) is 21.9 Å². The summed E-state index contributed by atoms with van der Waals surface area (Å²) in [6.45, 7) is 5.18. The van der Waals surface area contributed by atoms with Gasteiger partial charge in [-0.2, -0.15) is 0 Å². The number of hydrogen-bond donors (Lipinski definition) is 2. The number of halogens is 2. The fourth-order valence-corrected chi connectivity index (χ4v) is 4.41. The summed E-state index contributed by atoms with van der Waals surface area (Å²) in [5.74, 6) is -4.51. The van der Waals surface area contributed by atoms with E-state index in [1.165, 1.54) is 49.4 Å². The minimum atomic E-state index is -1.39. The van der Waals surface area contributed by atoms with Crippen molar-refractivity contribution in [2.45, 2.75) is 12.8 Å². The van der Waals surface area contributed by atoms with Crippen molar-refractivity contribution < 1.29 is 27.8 Å². The maximum Gasteiger partial charge on any atom is 0.344 e. The van der Waals surface area contributed by atoms with Crippen LogP contribution in [0.25, 0.3) is 33.6 Å². The second-order valence-electron chi connectivity index (χ2n) is 8.78. The third-order valence-corrected chi connectivity index (χ3v) is 6.25. The predicted octanol–water partition coefficient (Wildman–Crippen LogP) is 6.47. The molecule has 5 rings (SSSR count). The van der Waals surface area contributed by atoms with Gasteiger partial charge in [0.1, 0.15) is 22.7 Å². The third-order valence-electron chi connectivity index (χ3n) is 6.25. The summed E-state index contributed by atoms with van der Waals surface area (Å²) in [5, 5.41) is 22.6. The Morgan fingerprint density at radius 1 is 0.868 bits per heavy atom. The Hall–Kier alpha value is -4.98. The molecule has 2 heterocycles. The summed E-state index contributed by atoms with van der Waals surface area (Å²) in [7, 11) is 0. The zero-order chi connectivity index (χ0) is 27.1. The molecule has 0 aliphatic rings. The molecule has 0 radical (unpaired) electrons. The summed E-state index contributed by atoms with van der Waals surface area (Å²) in [5.41, 5.74) is -1.98. The van der Waals surface area contributed by atoms with Crippen LogP contribution >= 0.6 is 0 Å². The lowest BCUT2D eigenvalue weighted by atomic mass is 9.89. The summed E-state index contributed by atoms with van der Waals surface area (Å²) in [6, 6.07) is 14.8. The Morgan fingerprint density at radius 2 is 1.37 bits per heavy atom. The molecule has 38 heavy (non-hydrogen) atoms. The van der Waals surface area contributed by atoms with Crippen LogP contribution in [0.3, 0.4) is 0 Å². The molecule has 5 aromatic rings. The van der Waals surface area contributed by atoms with E-state index < -0.39 is 40.3 Å². The van der Waals surface area contributed by atoms with Gasteiger partial charge < -0.3 is 19.0 Å². The Balaban J connectivity index is 1.80. The minimum Gasteiger partial charge on any atom is -0.507 e. The first-order chi connectivity index (χ1) is 18.2. The summed E-state index contributed by atoms with van der Waals surface area (Å²) in [6.07, 6.45) is 2.64. The van der Waals surface area contributed by atoms with E-state index in [2.05, 4.69) is 6.58 Å². The smallest absolute Gasteiger partial charge is 0.344 e. The number of allylic oxidation sites excluding steroid dienone is 2. The van der Waals surface area contributed by atoms with Crippen molar-refractivity contribution in [3.8, 4) is 11.5 Å². The fourth-order valence-electron chi connectivity index (χ4n) is 4.41. The van der Waals surface area contributed by atoms with Crippen LogP contribution in [0.5, 0.6) is 11.5 Å². The van der Waals surface area contributed by atoms with Crippen LogP contribution in [0.15, 0.2) is 91.7 Å². The molecule has 0 spiro atoms. The van der Waals surface area contributed by atoms with Crippen LogP contribution < -0.4 is 11.3 Å². The zero-order valence-corrected chi connectivity index (χ0v) is 20.0. The molecule has 0 unspecified atom stereocenters. The molecule has 2 N–H and O–H groups in total. The van der Waals surface area contributed by atoms with Crippen LogP contribution in [0.2, 0.25) is 0 Å². The third kappa shape index (κ3) is 4.16. The zero-order valence-electron chi connectivity index (χ0n) is 20.0. The van der Waals surface area contributed by atoms with Gasteiger partial charge in [-0.25, -0.2) is 18.4 Å². The van der Waals surface area contributed by atoms with Crippen molar-refractivity contribution in [3.05, 3.63) is 128 Å². The van der Waals surface area contributed by atoms with Crippen LogP contribution in [0.1, 0.15) is 35.1 Å². The highest BCUT2D eigenvalue weighted by Crippen LogP contribution is 2.39. The number of para-hydroxylation sites is 2. The normalized spacial score (nSPS) is 11.7. The molecule has 0 amide bonds. The standard InChI is InChI=1S/C30H20F2O6/c1-15(2)20-13-16(14-21(31)26(20)32)11-12-19(24-27(33)17-7-3-5-9-22(17)37-29(24)35)25-28(34)18-8-4-6-10-23(18)38-30(25)36/h3-14,19,33-34H,1H2,2H3. The summed E-state index contributed by atoms with van der Waals surface area (Å²) < 4.78 is 39.3. The molecule has 0 fully saturated rings. The van der Waals surface area contributed by atoms with E-state index in [0.717, 1.165) is 6.07 Å². The maximum atomic E-state index is 14.3. The number of benzene rings is 3. The Kier molecular flexibility index (Phi) is 6.16. The van der Waals surface area contributed by atoms with E-state index in [-0.39, 0.29) is 49.8 Å². The van der Waals surface area contributed by atoms with Crippen molar-refractivity contribution in [1.82, 2.24) is 0 Å². The summed E-state index contributed by atoms with van der Waals surface area (Å²) >= 11 is 0. The van der Waals surface area contributed by atoms with E-state index in [9.17, 15) is 28.6 Å². The Bertz CT molecular complexity index is 1800. The first-order valence-electron chi connectivity index (χ1n) is 11.5. The molecule has 3 aromatic carbocycles. The first-order valence-corrected chi connectivity index (χ1v) is 11.5. The monoisotopic (exact) mass is 514 g/mol. The van der Waals surface area contributed by atoms with Gasteiger partial charge in [-0.05, 0) is 54.5 Å². The fraction of sp³-hybridized carbons (Fsp3) is 0.0667. The highest BCUT2D eigenvalue weighted by molar-refractivity contribution is 5.87. The summed E-state index contributed by atoms with van der Waals surface area (Å²) in [4.78, 5) is 26.2. The van der Waals surface area contributed by atoms with Gasteiger partial charge >= 0.3 is 11.3 Å². The number of hydrogen-bond acceptors (Lipinski definition) is 6. The SMILES string of the molecule is C=C(C)c1cc(C=CC(c2c(O)c3ccccc3oc2=O)c2c(O)c3ccccc3oc2=O)cc(F)c1F. The first kappa shape index (κ1) is 24.7. The van der Waals surface area contributed by atoms with Crippen LogP contribution in [-0.4, -0.2) is 10.2 Å². The quantitative estimate of drug-likeness (QED) is 0.261. The molecule has 0 saturated heterocycles. The van der Waals surface area contributed by atoms with Crippen LogP contribution in [-0.2, 0) is 0 Å². The highest BCUT2D eigenvalue weighted by atomic mass is 19.2. The number of rotatable bonds is 5. The van der Waals surface area contributed by atoms with Crippen molar-refractivity contribution in [2.24, 2.45) is 0 Å². The number of aromatic hydroxyl groups is 2. The second kappa shape index (κ2) is 9.48. The van der Waals surface area contributed by atoms with E-state index in [1.807, 2.05) is 0 Å². The van der Waals surface area contributed by atoms with Crippen LogP contribution in [0, 0.1) is 11.6 Å². The van der Waals surface area contributed by atoms with Gasteiger partial charge in [-0.1, -0.05) is 43.0 Å². The van der Waals surface area contributed by atoms with Gasteiger partial charge in [-0.15, -0.1) is 0 Å². The molecular formula is C30H20F2O6. The topological polar surface area (TPSA) is 101 Å². The predicted molar refractivity (Wildman–Crippen MR) is 140 cm³/mol. The van der Waals surface area contributed by atoms with E-state index in [0.29, 0.717) is 0 Å². The van der Waals surface area contributed by atoms with Crippen molar-refractivity contribution in [3.63, 3.8) is 0 Å². The Morgan fingerprint density at radius 3 is 1.87 bits per heavy atom. The molecule has 0 bridgehead atoms. The lowest BCUT2D eigenvalue weighted by molar-refractivity contribution is 0.443. The molecule has 0 saturated carbocycles. The van der Waals surface area contributed by atoms with E-state index >= 15 is 0 Å². The average molecular weight is 514 g/mol. The maximum absolute atomic E-state index is 14.3. The second-order valence-corrected chi connectivity index (χ2v) is 8.78. The molecule has 0 aliphatic heterocycles. The number of fused-ring (bicyclic) bond motifs is 2. The molecular weight excluding hydrogens is 494 g/mol. The molecule has 0 aliphatic carbocycles. The van der Waals surface area contributed by atoms with Gasteiger partial charge in [-0.3, -0.25) is 0 Å². The van der Waals surface area contributed by atoms with E-state index in [1.54, 1.807) is 24.3 Å². The highest BCUT2D eigenvalue weighted by Gasteiger charge is 2.29. The van der Waals surface area contributed by atoms with Gasteiger partial charge in [0.25, 0.3) is 0 Å². The lowest BCUT2D eigenvalue weighted by Crippen LogP contribution is -2.19. The van der Waals surface area contributed by atoms with Crippen molar-refractivity contribution >= 4 is 33.6 Å². The molecule has 0 atom stereocenters. The van der Waals surface area contributed by atoms with Crippen molar-refractivity contribution in [2.75, 3.05) is 0 Å². The average Bonchev–Trinajstić information content (AvgIpc) is 2.88. The van der Waals surface area contributed by atoms with Crippen molar-refractivity contribution in [1.29, 1.82) is 0 Å². The van der Waals surface area contributed by atoms with E-state index in [4.69, 9.17) is 8.83 Å². The van der Waals surface area contributed by atoms with Gasteiger partial charge in [0.15, 0.2) is 11.6 Å².